The summed E-state index contributed by atoms with van der Waals surface area (Å²) in [5, 5.41) is 2.61. The van der Waals surface area contributed by atoms with Crippen LogP contribution in [0.25, 0.3) is 0 Å². The van der Waals surface area contributed by atoms with Crippen molar-refractivity contribution in [1.82, 2.24) is 0 Å². The standard InChI is InChI=1S/C15H17FOSi/c1-3-18(12-7-5-4-6-8-12)13-9-10-14(16)15(11-13)17-2/h4-11,18H,3H2,1-2H3/t18-/m0/s1. The maximum absolute atomic E-state index is 13.4. The summed E-state index contributed by atoms with van der Waals surface area (Å²) in [6.45, 7) is 2.19. The van der Waals surface area contributed by atoms with Crippen molar-refractivity contribution < 1.29 is 9.13 Å². The molecule has 0 unspecified atom stereocenters. The predicted octanol–water partition coefficient (Wildman–Crippen LogP) is 2.20. The number of hydrogen-bond acceptors (Lipinski definition) is 1. The first-order chi connectivity index (χ1) is 8.76. The average Bonchev–Trinajstić information content (AvgIpc) is 2.42. The van der Waals surface area contributed by atoms with E-state index < -0.39 is 8.80 Å². The largest absolute Gasteiger partial charge is 0.494 e. The normalized spacial score (nSPS) is 12.2. The second-order valence-electron chi connectivity index (χ2n) is 4.27. The second-order valence-corrected chi connectivity index (χ2v) is 7.52. The Morgan fingerprint density at radius 2 is 1.78 bits per heavy atom. The van der Waals surface area contributed by atoms with Crippen molar-refractivity contribution in [2.24, 2.45) is 0 Å². The van der Waals surface area contributed by atoms with Crippen molar-refractivity contribution >= 4 is 19.2 Å². The lowest BCUT2D eigenvalue weighted by molar-refractivity contribution is 0.387. The van der Waals surface area contributed by atoms with Gasteiger partial charge in [0, 0.05) is 0 Å². The summed E-state index contributed by atoms with van der Waals surface area (Å²) in [6.07, 6.45) is 0. The molecule has 18 heavy (non-hydrogen) atoms. The molecule has 0 saturated carbocycles. The van der Waals surface area contributed by atoms with Crippen LogP contribution < -0.4 is 15.1 Å². The molecule has 3 heteroatoms. The summed E-state index contributed by atoms with van der Waals surface area (Å²) < 4.78 is 18.5. The molecular formula is C15H17FOSi. The van der Waals surface area contributed by atoms with E-state index in [2.05, 4.69) is 31.2 Å². The third-order valence-electron chi connectivity index (χ3n) is 3.19. The molecule has 0 aromatic heterocycles. The molecule has 1 atom stereocenters. The molecular weight excluding hydrogens is 243 g/mol. The van der Waals surface area contributed by atoms with Crippen molar-refractivity contribution in [3.63, 3.8) is 0 Å². The molecule has 0 saturated heterocycles. The molecule has 1 nitrogen and oxygen atoms in total. The van der Waals surface area contributed by atoms with Crippen molar-refractivity contribution in [2.45, 2.75) is 13.0 Å². The smallest absolute Gasteiger partial charge is 0.165 e. The van der Waals surface area contributed by atoms with Crippen LogP contribution in [0.5, 0.6) is 5.75 Å². The minimum Gasteiger partial charge on any atom is -0.494 e. The summed E-state index contributed by atoms with van der Waals surface area (Å²) in [6, 6.07) is 16.8. The molecule has 0 bridgehead atoms. The van der Waals surface area contributed by atoms with Gasteiger partial charge in [0.25, 0.3) is 0 Å². The van der Waals surface area contributed by atoms with E-state index in [-0.39, 0.29) is 5.82 Å². The van der Waals surface area contributed by atoms with Crippen LogP contribution in [0.1, 0.15) is 6.92 Å². The number of hydrogen-bond donors (Lipinski definition) is 0. The van der Waals surface area contributed by atoms with Crippen LogP contribution in [-0.2, 0) is 0 Å². The highest BCUT2D eigenvalue weighted by Gasteiger charge is 2.15. The van der Waals surface area contributed by atoms with Gasteiger partial charge >= 0.3 is 0 Å². The van der Waals surface area contributed by atoms with Crippen molar-refractivity contribution in [3.8, 4) is 5.75 Å². The molecule has 0 heterocycles. The molecule has 0 spiro atoms. The minimum atomic E-state index is -1.24. The highest BCUT2D eigenvalue weighted by Crippen LogP contribution is 2.14. The summed E-state index contributed by atoms with van der Waals surface area (Å²) in [7, 11) is 0.268. The Morgan fingerprint density at radius 3 is 2.39 bits per heavy atom. The molecule has 0 fully saturated rings. The monoisotopic (exact) mass is 260 g/mol. The van der Waals surface area contributed by atoms with E-state index in [1.807, 2.05) is 18.2 Å². The first kappa shape index (κ1) is 12.8. The zero-order valence-corrected chi connectivity index (χ0v) is 11.8. The van der Waals surface area contributed by atoms with Crippen LogP contribution in [0.3, 0.4) is 0 Å². The topological polar surface area (TPSA) is 9.23 Å². The summed E-state index contributed by atoms with van der Waals surface area (Å²) in [5.74, 6) is 0.0487. The van der Waals surface area contributed by atoms with E-state index in [1.165, 1.54) is 23.5 Å². The van der Waals surface area contributed by atoms with Crippen molar-refractivity contribution in [3.05, 3.63) is 54.3 Å². The van der Waals surface area contributed by atoms with Crippen LogP contribution in [0.2, 0.25) is 6.04 Å². The lowest BCUT2D eigenvalue weighted by atomic mass is 10.3. The van der Waals surface area contributed by atoms with Gasteiger partial charge in [0.15, 0.2) is 11.6 Å². The molecule has 2 aromatic rings. The highest BCUT2D eigenvalue weighted by molar-refractivity contribution is 6.85. The predicted molar refractivity (Wildman–Crippen MR) is 76.3 cm³/mol. The maximum atomic E-state index is 13.4. The molecule has 0 aliphatic heterocycles. The van der Waals surface area contributed by atoms with E-state index in [9.17, 15) is 4.39 Å². The Kier molecular flexibility index (Phi) is 4.15. The molecule has 0 radical (unpaired) electrons. The van der Waals surface area contributed by atoms with E-state index in [0.29, 0.717) is 5.75 Å². The van der Waals surface area contributed by atoms with E-state index in [4.69, 9.17) is 4.74 Å². The van der Waals surface area contributed by atoms with Crippen LogP contribution in [0.4, 0.5) is 4.39 Å². The highest BCUT2D eigenvalue weighted by atomic mass is 28.3. The van der Waals surface area contributed by atoms with Gasteiger partial charge in [0.05, 0.1) is 7.11 Å². The zero-order valence-electron chi connectivity index (χ0n) is 10.7. The molecule has 2 rings (SSSR count). The molecule has 0 N–H and O–H groups in total. The number of rotatable bonds is 4. The second kappa shape index (κ2) is 5.82. The fraction of sp³-hybridized carbons (Fsp3) is 0.200. The Morgan fingerprint density at radius 1 is 1.06 bits per heavy atom. The first-order valence-electron chi connectivity index (χ1n) is 6.14. The Hall–Kier alpha value is -1.61. The van der Waals surface area contributed by atoms with Gasteiger partial charge in [-0.25, -0.2) is 4.39 Å². The van der Waals surface area contributed by atoms with Crippen LogP contribution in [0.15, 0.2) is 48.5 Å². The van der Waals surface area contributed by atoms with Gasteiger partial charge in [0.1, 0.15) is 8.80 Å². The number of ether oxygens (including phenoxy) is 1. The van der Waals surface area contributed by atoms with Gasteiger partial charge in [0.2, 0.25) is 0 Å². The lowest BCUT2D eigenvalue weighted by Gasteiger charge is -2.15. The molecule has 94 valence electrons. The Balaban J connectivity index is 2.39. The van der Waals surface area contributed by atoms with Crippen LogP contribution in [-0.4, -0.2) is 15.9 Å². The van der Waals surface area contributed by atoms with Gasteiger partial charge in [-0.05, 0) is 12.1 Å². The molecule has 0 aliphatic rings. The first-order valence-corrected chi connectivity index (χ1v) is 8.11. The number of methoxy groups -OCH3 is 1. The summed E-state index contributed by atoms with van der Waals surface area (Å²) in [4.78, 5) is 0. The quantitative estimate of drug-likeness (QED) is 0.766. The van der Waals surface area contributed by atoms with Crippen molar-refractivity contribution in [1.29, 1.82) is 0 Å². The van der Waals surface area contributed by atoms with Gasteiger partial charge in [-0.15, -0.1) is 0 Å². The third-order valence-corrected chi connectivity index (χ3v) is 6.36. The van der Waals surface area contributed by atoms with Gasteiger partial charge < -0.3 is 4.74 Å². The SMILES string of the molecule is CC[Si@@H](c1ccccc1)c1ccc(F)c(OC)c1. The van der Waals surface area contributed by atoms with E-state index in [0.717, 1.165) is 6.04 Å². The summed E-state index contributed by atoms with van der Waals surface area (Å²) in [5.41, 5.74) is 0. The average molecular weight is 260 g/mol. The van der Waals surface area contributed by atoms with Gasteiger partial charge in [-0.1, -0.05) is 59.7 Å². The Bertz CT molecular complexity index is 513. The van der Waals surface area contributed by atoms with Crippen LogP contribution in [0, 0.1) is 5.82 Å². The minimum absolute atomic E-state index is 0.293. The zero-order chi connectivity index (χ0) is 13.0. The number of halogens is 1. The lowest BCUT2D eigenvalue weighted by Crippen LogP contribution is -2.41. The molecule has 2 aromatic carbocycles. The number of benzene rings is 2. The van der Waals surface area contributed by atoms with Gasteiger partial charge in [-0.2, -0.15) is 0 Å². The molecule has 0 amide bonds. The van der Waals surface area contributed by atoms with Gasteiger partial charge in [-0.3, -0.25) is 0 Å². The molecule has 0 aliphatic carbocycles. The fourth-order valence-electron chi connectivity index (χ4n) is 2.24. The maximum Gasteiger partial charge on any atom is 0.165 e. The van der Waals surface area contributed by atoms with Crippen LogP contribution >= 0.6 is 0 Å². The fourth-order valence-corrected chi connectivity index (χ4v) is 4.94. The van der Waals surface area contributed by atoms with E-state index >= 15 is 0 Å². The third kappa shape index (κ3) is 2.62. The Labute approximate surface area is 109 Å². The summed E-state index contributed by atoms with van der Waals surface area (Å²) >= 11 is 0. The van der Waals surface area contributed by atoms with E-state index in [1.54, 1.807) is 0 Å². The van der Waals surface area contributed by atoms with Crippen molar-refractivity contribution in [2.75, 3.05) is 7.11 Å².